The largest absolute Gasteiger partial charge is 0.318 e. The normalized spacial score (nSPS) is 32.3. The Balaban J connectivity index is 1.22. The van der Waals surface area contributed by atoms with E-state index >= 15 is 0 Å². The fourth-order valence-corrected chi connectivity index (χ4v) is 8.75. The topological polar surface area (TPSA) is 73.8 Å². The molecule has 6 nitrogen and oxygen atoms in total. The van der Waals surface area contributed by atoms with Gasteiger partial charge in [0.2, 0.25) is 5.17 Å². The van der Waals surface area contributed by atoms with Crippen molar-refractivity contribution in [2.45, 2.75) is 52.4 Å². The quantitative estimate of drug-likeness (QED) is 0.550. The average molecular weight is 484 g/mol. The van der Waals surface area contributed by atoms with Crippen LogP contribution in [0.3, 0.4) is 0 Å². The molecule has 0 unspecified atom stereocenters. The molecule has 4 bridgehead atoms. The lowest BCUT2D eigenvalue weighted by atomic mass is 9.50. The Hall–Kier alpha value is -2.93. The van der Waals surface area contributed by atoms with E-state index in [2.05, 4.69) is 34.7 Å². The molecule has 2 aliphatic heterocycles. The van der Waals surface area contributed by atoms with Crippen molar-refractivity contribution in [3.8, 4) is 5.69 Å². The standard InChI is InChI=1S/C28H29N5OS/c1-16-8-21(17(2)32(16)22-6-4-3-5-7-22)12-23-24(29)33-27(30-25(23)34)35-26(31-33)28-13-18-9-19(14-28)11-20(10-18)15-28/h3-8,12,18-20,29H,9-11,13-15H2,1-2H3/b23-12+,29-24?. The van der Waals surface area contributed by atoms with E-state index < -0.39 is 0 Å². The first kappa shape index (κ1) is 21.4. The number of hydrogen-bond donors (Lipinski definition) is 1. The Morgan fingerprint density at radius 3 is 2.37 bits per heavy atom. The minimum absolute atomic E-state index is 0.132. The number of aromatic nitrogens is 1. The van der Waals surface area contributed by atoms with E-state index in [1.165, 1.54) is 50.3 Å². The molecule has 0 spiro atoms. The fourth-order valence-electron chi connectivity index (χ4n) is 7.64. The van der Waals surface area contributed by atoms with Gasteiger partial charge in [0.05, 0.1) is 5.57 Å². The van der Waals surface area contributed by atoms with Crippen LogP contribution >= 0.6 is 11.8 Å². The van der Waals surface area contributed by atoms with Crippen LogP contribution in [-0.2, 0) is 4.79 Å². The molecule has 3 heterocycles. The number of carbonyl (C=O) groups excluding carboxylic acids is 1. The van der Waals surface area contributed by atoms with Gasteiger partial charge in [-0.1, -0.05) is 18.2 Å². The molecular formula is C28H29N5OS. The summed E-state index contributed by atoms with van der Waals surface area (Å²) in [7, 11) is 0. The number of amides is 1. The first-order valence-corrected chi connectivity index (χ1v) is 13.5. The predicted molar refractivity (Wildman–Crippen MR) is 141 cm³/mol. The number of fused-ring (bicyclic) bond motifs is 1. The minimum atomic E-state index is -0.347. The van der Waals surface area contributed by atoms with Gasteiger partial charge in [-0.2, -0.15) is 15.1 Å². The van der Waals surface area contributed by atoms with Crippen LogP contribution in [0.15, 0.2) is 52.1 Å². The Morgan fingerprint density at radius 2 is 1.71 bits per heavy atom. The first-order valence-electron chi connectivity index (χ1n) is 12.7. The van der Waals surface area contributed by atoms with Gasteiger partial charge in [0, 0.05) is 22.5 Å². The van der Waals surface area contributed by atoms with Crippen molar-refractivity contribution in [1.82, 2.24) is 9.58 Å². The molecule has 1 aromatic heterocycles. The number of thioether (sulfide) groups is 1. The molecule has 4 saturated carbocycles. The van der Waals surface area contributed by atoms with Crippen molar-refractivity contribution in [3.63, 3.8) is 0 Å². The van der Waals surface area contributed by atoms with Crippen LogP contribution < -0.4 is 0 Å². The lowest BCUT2D eigenvalue weighted by Crippen LogP contribution is -2.49. The smallest absolute Gasteiger partial charge is 0.283 e. The van der Waals surface area contributed by atoms with E-state index in [9.17, 15) is 4.79 Å². The fraction of sp³-hybridized carbons (Fsp3) is 0.429. The van der Waals surface area contributed by atoms with E-state index in [-0.39, 0.29) is 17.2 Å². The van der Waals surface area contributed by atoms with Gasteiger partial charge in [-0.3, -0.25) is 10.2 Å². The molecule has 2 aromatic rings. The number of rotatable bonds is 3. The lowest BCUT2D eigenvalue weighted by Gasteiger charge is -2.56. The number of para-hydroxylation sites is 1. The molecule has 6 aliphatic rings. The van der Waals surface area contributed by atoms with Crippen LogP contribution in [0.4, 0.5) is 0 Å². The van der Waals surface area contributed by atoms with Gasteiger partial charge in [-0.25, -0.2) is 0 Å². The first-order chi connectivity index (χ1) is 16.9. The summed E-state index contributed by atoms with van der Waals surface area (Å²) >= 11 is 1.54. The summed E-state index contributed by atoms with van der Waals surface area (Å²) in [4.78, 5) is 17.5. The number of nitrogens with one attached hydrogen (secondary N) is 1. The zero-order valence-electron chi connectivity index (χ0n) is 20.1. The third-order valence-electron chi connectivity index (χ3n) is 8.73. The summed E-state index contributed by atoms with van der Waals surface area (Å²) in [5, 5.41) is 17.1. The lowest BCUT2D eigenvalue weighted by molar-refractivity contribution is -0.114. The van der Waals surface area contributed by atoms with Gasteiger partial charge in [-0.05, 0) is 112 Å². The highest BCUT2D eigenvalue weighted by Crippen LogP contribution is 2.62. The molecule has 0 radical (unpaired) electrons. The maximum Gasteiger partial charge on any atom is 0.283 e. The Morgan fingerprint density at radius 1 is 1.06 bits per heavy atom. The molecular weight excluding hydrogens is 454 g/mol. The van der Waals surface area contributed by atoms with Crippen molar-refractivity contribution >= 4 is 39.8 Å². The molecule has 35 heavy (non-hydrogen) atoms. The van der Waals surface area contributed by atoms with E-state index in [0.29, 0.717) is 10.7 Å². The minimum Gasteiger partial charge on any atom is -0.318 e. The second kappa shape index (κ2) is 7.53. The third-order valence-corrected chi connectivity index (χ3v) is 9.89. The highest BCUT2D eigenvalue weighted by atomic mass is 32.2. The maximum atomic E-state index is 13.1. The number of benzene rings is 1. The molecule has 4 fully saturated rings. The van der Waals surface area contributed by atoms with E-state index in [1.54, 1.807) is 5.01 Å². The second-order valence-electron chi connectivity index (χ2n) is 11.1. The van der Waals surface area contributed by atoms with Crippen LogP contribution in [0, 0.1) is 42.4 Å². The van der Waals surface area contributed by atoms with Crippen LogP contribution in [0.2, 0.25) is 0 Å². The molecule has 0 atom stereocenters. The van der Waals surface area contributed by atoms with E-state index in [1.807, 2.05) is 31.2 Å². The average Bonchev–Trinajstić information content (AvgIpc) is 3.37. The predicted octanol–water partition coefficient (Wildman–Crippen LogP) is 5.93. The Kier molecular flexibility index (Phi) is 4.60. The Labute approximate surface area is 209 Å². The number of carbonyl (C=O) groups is 1. The molecule has 178 valence electrons. The van der Waals surface area contributed by atoms with Crippen LogP contribution in [0.5, 0.6) is 0 Å². The van der Waals surface area contributed by atoms with Gasteiger partial charge < -0.3 is 4.57 Å². The van der Waals surface area contributed by atoms with Gasteiger partial charge >= 0.3 is 0 Å². The zero-order valence-corrected chi connectivity index (χ0v) is 20.9. The van der Waals surface area contributed by atoms with Crippen LogP contribution in [0.1, 0.15) is 55.5 Å². The van der Waals surface area contributed by atoms with Crippen molar-refractivity contribution in [2.75, 3.05) is 0 Å². The number of amidine groups is 2. The monoisotopic (exact) mass is 483 g/mol. The summed E-state index contributed by atoms with van der Waals surface area (Å²) in [6.07, 6.45) is 9.58. The van der Waals surface area contributed by atoms with Gasteiger partial charge in [0.15, 0.2) is 5.84 Å². The molecule has 0 saturated heterocycles. The molecule has 7 heteroatoms. The molecule has 4 aliphatic carbocycles. The van der Waals surface area contributed by atoms with E-state index in [0.717, 1.165) is 45.4 Å². The summed E-state index contributed by atoms with van der Waals surface area (Å²) in [6, 6.07) is 12.3. The van der Waals surface area contributed by atoms with Gasteiger partial charge in [0.1, 0.15) is 5.04 Å². The molecule has 8 rings (SSSR count). The highest BCUT2D eigenvalue weighted by molar-refractivity contribution is 8.27. The summed E-state index contributed by atoms with van der Waals surface area (Å²) in [5.41, 5.74) is 4.56. The highest BCUT2D eigenvalue weighted by Gasteiger charge is 2.55. The summed E-state index contributed by atoms with van der Waals surface area (Å²) in [5.74, 6) is 2.25. The second-order valence-corrected chi connectivity index (χ2v) is 12.1. The number of aliphatic imine (C=N–C) groups is 1. The van der Waals surface area contributed by atoms with E-state index in [4.69, 9.17) is 10.5 Å². The maximum absolute atomic E-state index is 13.1. The van der Waals surface area contributed by atoms with Gasteiger partial charge in [0.25, 0.3) is 5.91 Å². The summed E-state index contributed by atoms with van der Waals surface area (Å²) < 4.78 is 2.17. The number of hydrogen-bond acceptors (Lipinski definition) is 4. The number of hydrazone groups is 1. The molecule has 1 amide bonds. The number of aryl methyl sites for hydroxylation is 1. The van der Waals surface area contributed by atoms with Crippen LogP contribution in [0.25, 0.3) is 11.8 Å². The molecule has 1 aromatic carbocycles. The van der Waals surface area contributed by atoms with Crippen molar-refractivity contribution < 1.29 is 4.79 Å². The van der Waals surface area contributed by atoms with Crippen molar-refractivity contribution in [1.29, 1.82) is 5.41 Å². The zero-order chi connectivity index (χ0) is 23.9. The third kappa shape index (κ3) is 3.24. The van der Waals surface area contributed by atoms with Crippen LogP contribution in [-0.4, -0.2) is 31.5 Å². The Bertz CT molecular complexity index is 1330. The van der Waals surface area contributed by atoms with Crippen molar-refractivity contribution in [2.24, 2.45) is 33.3 Å². The molecule has 1 N–H and O–H groups in total. The number of nitrogens with zero attached hydrogens (tertiary/aromatic N) is 4. The SMILES string of the molecule is Cc1cc(/C=C2\C(=N)N3N=C(C45CC6CC(CC(C6)C4)C5)SC3=NC2=O)c(C)n1-c1ccccc1. The summed E-state index contributed by atoms with van der Waals surface area (Å²) in [6.45, 7) is 4.11. The van der Waals surface area contributed by atoms with Gasteiger partial charge in [-0.15, -0.1) is 0 Å². The van der Waals surface area contributed by atoms with Crippen molar-refractivity contribution in [3.05, 3.63) is 58.9 Å².